The Morgan fingerprint density at radius 1 is 1.21 bits per heavy atom. The van der Waals surface area contributed by atoms with Gasteiger partial charge in [-0.2, -0.15) is 18.2 Å². The second kappa shape index (κ2) is 16.3. The fourth-order valence-corrected chi connectivity index (χ4v) is 5.31. The van der Waals surface area contributed by atoms with E-state index in [1.54, 1.807) is 56.4 Å². The monoisotopic (exact) mass is 731 g/mol. The van der Waals surface area contributed by atoms with Crippen LogP contribution in [-0.4, -0.2) is 75.1 Å². The maximum atomic E-state index is 13.2. The van der Waals surface area contributed by atoms with Crippen LogP contribution in [0.5, 0.6) is 5.75 Å². The Labute approximate surface area is 294 Å². The molecule has 1 saturated heterocycles. The molecule has 4 N–H and O–H groups in total. The minimum absolute atomic E-state index is 0.0227. The van der Waals surface area contributed by atoms with Gasteiger partial charge in [0, 0.05) is 29.8 Å². The average molecular weight is 732 g/mol. The first-order valence-electron chi connectivity index (χ1n) is 15.7. The largest absolute Gasteiger partial charge is 0.495 e. The number of alkyl halides is 3. The first kappa shape index (κ1) is 39.4. The summed E-state index contributed by atoms with van der Waals surface area (Å²) in [4.78, 5) is 53.1. The lowest BCUT2D eigenvalue weighted by molar-refractivity contribution is -0.386. The summed E-state index contributed by atoms with van der Waals surface area (Å²) in [6, 6.07) is 10.5. The van der Waals surface area contributed by atoms with E-state index in [1.165, 1.54) is 19.4 Å². The highest BCUT2D eigenvalue weighted by molar-refractivity contribution is 6.04. The zero-order chi connectivity index (χ0) is 38.4. The number of ether oxygens (including phenoxy) is 3. The van der Waals surface area contributed by atoms with Crippen molar-refractivity contribution in [1.29, 1.82) is 0 Å². The van der Waals surface area contributed by atoms with Gasteiger partial charge in [-0.3, -0.25) is 24.3 Å². The third-order valence-electron chi connectivity index (χ3n) is 7.83. The second-order valence-electron chi connectivity index (χ2n) is 12.6. The predicted octanol–water partition coefficient (Wildman–Crippen LogP) is 3.39. The van der Waals surface area contributed by atoms with Crippen LogP contribution in [0.3, 0.4) is 0 Å². The highest BCUT2D eigenvalue weighted by atomic mass is 19.4. The maximum absolute atomic E-state index is 13.2. The summed E-state index contributed by atoms with van der Waals surface area (Å²) in [7, 11) is 1.26. The third kappa shape index (κ3) is 9.50. The third-order valence-corrected chi connectivity index (χ3v) is 7.83. The van der Waals surface area contributed by atoms with E-state index in [-0.39, 0.29) is 46.8 Å². The van der Waals surface area contributed by atoms with E-state index in [2.05, 4.69) is 22.1 Å². The van der Waals surface area contributed by atoms with Crippen LogP contribution >= 0.6 is 0 Å². The molecule has 18 heteroatoms. The Morgan fingerprint density at radius 2 is 1.90 bits per heavy atom. The normalized spacial score (nSPS) is 17.8. The summed E-state index contributed by atoms with van der Waals surface area (Å²) in [5, 5.41) is 36.4. The van der Waals surface area contributed by atoms with Crippen LogP contribution in [0.2, 0.25) is 0 Å². The number of benzene rings is 2. The lowest BCUT2D eigenvalue weighted by atomic mass is 9.83. The minimum atomic E-state index is -5.11. The van der Waals surface area contributed by atoms with Crippen molar-refractivity contribution in [3.8, 4) is 17.6 Å². The number of carbonyl (C=O) groups excluding carboxylic acids is 2. The Hall–Kier alpha value is -5.35. The number of hydrogen-bond donors (Lipinski definition) is 4. The van der Waals surface area contributed by atoms with Crippen molar-refractivity contribution in [2.45, 2.75) is 64.5 Å². The van der Waals surface area contributed by atoms with Gasteiger partial charge in [0.2, 0.25) is 0 Å². The molecule has 1 fully saturated rings. The number of rotatable bonds is 11. The van der Waals surface area contributed by atoms with Gasteiger partial charge in [-0.15, -0.1) is 0 Å². The molecule has 1 aromatic heterocycles. The van der Waals surface area contributed by atoms with Crippen molar-refractivity contribution < 1.29 is 52.1 Å². The van der Waals surface area contributed by atoms with E-state index >= 15 is 0 Å². The first-order valence-corrected chi connectivity index (χ1v) is 15.7. The van der Waals surface area contributed by atoms with Crippen LogP contribution in [-0.2, 0) is 20.9 Å². The van der Waals surface area contributed by atoms with E-state index in [0.717, 1.165) is 10.6 Å². The van der Waals surface area contributed by atoms with Gasteiger partial charge in [0.15, 0.2) is 0 Å². The van der Waals surface area contributed by atoms with E-state index in [9.17, 15) is 47.9 Å². The molecule has 0 saturated carbocycles. The summed E-state index contributed by atoms with van der Waals surface area (Å²) in [5.74, 6) is 1.87. The van der Waals surface area contributed by atoms with Crippen LogP contribution < -0.4 is 21.1 Å². The van der Waals surface area contributed by atoms with E-state index in [1.807, 2.05) is 0 Å². The molecule has 0 aliphatic carbocycles. The summed E-state index contributed by atoms with van der Waals surface area (Å²) >= 11 is 0. The molecule has 0 unspecified atom stereocenters. The van der Waals surface area contributed by atoms with Gasteiger partial charge in [0.05, 0.1) is 55.1 Å². The highest BCUT2D eigenvalue weighted by Crippen LogP contribution is 2.43. The number of aliphatic hydroxyl groups is 2. The maximum Gasteiger partial charge on any atom is 0.471 e. The molecule has 4 atom stereocenters. The van der Waals surface area contributed by atoms with Crippen LogP contribution in [0.1, 0.15) is 66.6 Å². The molecular formula is C34H36F3N5O10. The molecule has 1 aliphatic heterocycles. The van der Waals surface area contributed by atoms with E-state index < -0.39 is 77.4 Å². The number of hydrogen-bond acceptors (Lipinski definition) is 11. The molecule has 3 aromatic rings. The SMILES string of the molecule is COc1cc([C@@H](OCc2cn([C@H]3C[C@H](O)[C@@H](CO)O3)c(=O)nc2NC(=O)c2ccccc2)C(C)(C)C)c([N+](=O)[O-])cc1C#CCNC(=O)C(F)(F)F. The zero-order valence-electron chi connectivity index (χ0n) is 28.4. The van der Waals surface area contributed by atoms with Crippen molar-refractivity contribution in [2.75, 3.05) is 25.6 Å². The minimum Gasteiger partial charge on any atom is -0.495 e. The molecule has 2 aromatic carbocycles. The average Bonchev–Trinajstić information content (AvgIpc) is 3.46. The topological polar surface area (TPSA) is 204 Å². The molecule has 4 rings (SSSR count). The Kier molecular flexibility index (Phi) is 12.4. The highest BCUT2D eigenvalue weighted by Gasteiger charge is 2.39. The Morgan fingerprint density at radius 3 is 2.48 bits per heavy atom. The van der Waals surface area contributed by atoms with Crippen molar-refractivity contribution in [3.63, 3.8) is 0 Å². The number of aromatic nitrogens is 2. The standard InChI is InChI=1S/C34H36F3N5O10/c1-33(2,3)28(22-14-25(50-4)20(13-23(22)42(48)49)11-8-12-38-31(46)34(35,36)37)51-18-21-16-41(27-15-24(44)26(17-43)52-27)32(47)40-29(21)39-30(45)19-9-6-5-7-10-19/h5-7,9-10,13-14,16,24,26-28,43-44H,12,15,17-18H2,1-4H3,(H,38,46)(H,39,40,45,47)/t24-,26+,27+,28+/m0/s1. The molecule has 2 heterocycles. The van der Waals surface area contributed by atoms with Crippen molar-refractivity contribution in [1.82, 2.24) is 14.9 Å². The van der Waals surface area contributed by atoms with Gasteiger partial charge >= 0.3 is 17.8 Å². The predicted molar refractivity (Wildman–Crippen MR) is 177 cm³/mol. The van der Waals surface area contributed by atoms with Crippen LogP contribution in [0, 0.1) is 27.4 Å². The molecule has 1 aliphatic rings. The lowest BCUT2D eigenvalue weighted by Gasteiger charge is -2.31. The molecule has 0 radical (unpaired) electrons. The van der Waals surface area contributed by atoms with Gasteiger partial charge in [0.25, 0.3) is 11.6 Å². The van der Waals surface area contributed by atoms with Crippen molar-refractivity contribution >= 4 is 23.3 Å². The van der Waals surface area contributed by atoms with E-state index in [0.29, 0.717) is 0 Å². The van der Waals surface area contributed by atoms with Crippen LogP contribution in [0.25, 0.3) is 0 Å². The molecule has 2 amide bonds. The Balaban J connectivity index is 1.73. The first-order chi connectivity index (χ1) is 24.4. The van der Waals surface area contributed by atoms with Crippen LogP contribution in [0.4, 0.5) is 24.7 Å². The number of methoxy groups -OCH3 is 1. The molecular weight excluding hydrogens is 695 g/mol. The lowest BCUT2D eigenvalue weighted by Crippen LogP contribution is -2.36. The number of nitro groups is 1. The number of nitro benzene ring substituents is 1. The summed E-state index contributed by atoms with van der Waals surface area (Å²) < 4.78 is 56.0. The number of amides is 2. The number of aliphatic hydroxyl groups excluding tert-OH is 2. The molecule has 0 bridgehead atoms. The van der Waals surface area contributed by atoms with Gasteiger partial charge in [-0.1, -0.05) is 50.8 Å². The summed E-state index contributed by atoms with van der Waals surface area (Å²) in [6.07, 6.45) is -7.98. The number of halogens is 3. The smallest absolute Gasteiger partial charge is 0.471 e. The zero-order valence-corrected chi connectivity index (χ0v) is 28.4. The quantitative estimate of drug-likeness (QED) is 0.128. The fourth-order valence-electron chi connectivity index (χ4n) is 5.31. The van der Waals surface area contributed by atoms with Gasteiger partial charge in [0.1, 0.15) is 23.9 Å². The number of nitrogens with zero attached hydrogens (tertiary/aromatic N) is 3. The summed E-state index contributed by atoms with van der Waals surface area (Å²) in [6.45, 7) is 3.64. The van der Waals surface area contributed by atoms with Crippen LogP contribution in [0.15, 0.2) is 53.5 Å². The van der Waals surface area contributed by atoms with Crippen molar-refractivity contribution in [3.05, 3.63) is 91.5 Å². The van der Waals surface area contributed by atoms with Crippen molar-refractivity contribution in [2.24, 2.45) is 5.41 Å². The number of carbonyl (C=O) groups is 2. The second-order valence-corrected chi connectivity index (χ2v) is 12.6. The summed E-state index contributed by atoms with van der Waals surface area (Å²) in [5.41, 5.74) is -1.76. The van der Waals surface area contributed by atoms with Gasteiger partial charge < -0.3 is 35.1 Å². The Bertz CT molecular complexity index is 1920. The van der Waals surface area contributed by atoms with Gasteiger partial charge in [-0.05, 0) is 23.6 Å². The van der Waals surface area contributed by atoms with Gasteiger partial charge in [-0.25, -0.2) is 4.79 Å². The number of anilines is 1. The fraction of sp³-hybridized carbons (Fsp3) is 0.412. The molecule has 52 heavy (non-hydrogen) atoms. The molecule has 0 spiro atoms. The number of nitrogens with one attached hydrogen (secondary N) is 2. The molecule has 15 nitrogen and oxygen atoms in total. The molecule has 278 valence electrons. The van der Waals surface area contributed by atoms with E-state index in [4.69, 9.17) is 14.2 Å².